The lowest BCUT2D eigenvalue weighted by atomic mass is 9.63. The van der Waals surface area contributed by atoms with E-state index in [1.54, 1.807) is 48.5 Å². The van der Waals surface area contributed by atoms with E-state index in [0.717, 1.165) is 10.8 Å². The normalized spacial score (nSPS) is 14.1. The van der Waals surface area contributed by atoms with Gasteiger partial charge < -0.3 is 19.7 Å². The van der Waals surface area contributed by atoms with Crippen LogP contribution in [-0.4, -0.2) is 34.1 Å². The van der Waals surface area contributed by atoms with Crippen molar-refractivity contribution >= 4 is 45.4 Å². The molecule has 2 N–H and O–H groups in total. The van der Waals surface area contributed by atoms with Crippen molar-refractivity contribution in [1.82, 2.24) is 0 Å². The molecule has 4 rings (SSSR count). The molecule has 0 bridgehead atoms. The molecule has 0 fully saturated rings. The zero-order valence-electron chi connectivity index (χ0n) is 21.3. The fourth-order valence-corrected chi connectivity index (χ4v) is 4.91. The highest BCUT2D eigenvalue weighted by molar-refractivity contribution is 6.03. The van der Waals surface area contributed by atoms with Crippen LogP contribution in [0.25, 0.3) is 21.5 Å². The first kappa shape index (κ1) is 27.1. The summed E-state index contributed by atoms with van der Waals surface area (Å²) in [5, 5.41) is 23.0. The maximum Gasteiger partial charge on any atom is 0.332 e. The van der Waals surface area contributed by atoms with E-state index in [0.29, 0.717) is 10.8 Å². The summed E-state index contributed by atoms with van der Waals surface area (Å²) in [6.07, 6.45) is 0. The minimum Gasteiger partial charge on any atom is -0.481 e. The van der Waals surface area contributed by atoms with Gasteiger partial charge in [-0.1, -0.05) is 93.2 Å². The summed E-state index contributed by atoms with van der Waals surface area (Å²) in [6, 6.07) is 24.3. The van der Waals surface area contributed by atoms with E-state index in [4.69, 9.17) is 9.47 Å². The van der Waals surface area contributed by atoms with Crippen LogP contribution >= 0.6 is 0 Å². The van der Waals surface area contributed by atoms with Gasteiger partial charge in [-0.05, 0) is 22.9 Å². The maximum absolute atomic E-state index is 13.4. The van der Waals surface area contributed by atoms with Crippen molar-refractivity contribution in [3.63, 3.8) is 0 Å². The highest BCUT2D eigenvalue weighted by Crippen LogP contribution is 2.45. The zero-order valence-corrected chi connectivity index (χ0v) is 21.3. The van der Waals surface area contributed by atoms with Crippen molar-refractivity contribution < 1.29 is 38.9 Å². The first-order valence-electron chi connectivity index (χ1n) is 12.1. The molecular formula is C31H26O8. The minimum absolute atomic E-state index is 0.163. The van der Waals surface area contributed by atoms with Gasteiger partial charge in [0.05, 0.1) is 11.8 Å². The first-order valence-corrected chi connectivity index (χ1v) is 12.1. The number of benzene rings is 4. The van der Waals surface area contributed by atoms with Crippen molar-refractivity contribution in [3.05, 3.63) is 97.1 Å². The number of rotatable bonds is 9. The second kappa shape index (κ2) is 10.8. The van der Waals surface area contributed by atoms with Crippen molar-refractivity contribution in [2.75, 3.05) is 0 Å². The third-order valence-electron chi connectivity index (χ3n) is 7.10. The Morgan fingerprint density at radius 2 is 1.05 bits per heavy atom. The molecule has 2 unspecified atom stereocenters. The van der Waals surface area contributed by atoms with Crippen molar-refractivity contribution in [2.24, 2.45) is 17.3 Å². The molecule has 0 saturated carbocycles. The number of hydrogen-bond acceptors (Lipinski definition) is 6. The third kappa shape index (κ3) is 4.84. The molecule has 0 radical (unpaired) electrons. The van der Waals surface area contributed by atoms with Crippen molar-refractivity contribution in [3.8, 4) is 11.5 Å². The van der Waals surface area contributed by atoms with Gasteiger partial charge in [-0.25, -0.2) is 4.79 Å². The predicted molar refractivity (Wildman–Crippen MR) is 144 cm³/mol. The summed E-state index contributed by atoms with van der Waals surface area (Å²) in [5.74, 6) is -8.44. The van der Waals surface area contributed by atoms with Gasteiger partial charge in [-0.3, -0.25) is 14.4 Å². The Morgan fingerprint density at radius 3 is 1.44 bits per heavy atom. The summed E-state index contributed by atoms with van der Waals surface area (Å²) in [7, 11) is 0. The topological polar surface area (TPSA) is 127 Å². The van der Waals surface area contributed by atoms with E-state index >= 15 is 0 Å². The number of hydrogen-bond donors (Lipinski definition) is 2. The third-order valence-corrected chi connectivity index (χ3v) is 7.10. The number of carbonyl (C=O) groups is 4. The Labute approximate surface area is 224 Å². The second-order valence-electron chi connectivity index (χ2n) is 9.20. The minimum atomic E-state index is -2.59. The molecule has 8 nitrogen and oxygen atoms in total. The molecule has 0 aliphatic rings. The molecule has 2 atom stereocenters. The zero-order chi connectivity index (χ0) is 28.3. The number of aliphatic carboxylic acids is 2. The summed E-state index contributed by atoms with van der Waals surface area (Å²) < 4.78 is 11.2. The lowest BCUT2D eigenvalue weighted by molar-refractivity contribution is -0.168. The highest BCUT2D eigenvalue weighted by Gasteiger charge is 2.59. The predicted octanol–water partition coefficient (Wildman–Crippen LogP) is 5.49. The fourth-order valence-electron chi connectivity index (χ4n) is 4.91. The molecule has 0 heterocycles. The number of carboxylic acids is 2. The Hall–Kier alpha value is -4.98. The Kier molecular flexibility index (Phi) is 7.49. The van der Waals surface area contributed by atoms with E-state index in [1.807, 2.05) is 36.4 Å². The smallest absolute Gasteiger partial charge is 0.332 e. The summed E-state index contributed by atoms with van der Waals surface area (Å²) in [6.45, 7) is 5.88. The number of ether oxygens (including phenoxy) is 2. The molecule has 4 aromatic rings. The second-order valence-corrected chi connectivity index (χ2v) is 9.20. The van der Waals surface area contributed by atoms with Gasteiger partial charge in [-0.15, -0.1) is 0 Å². The van der Waals surface area contributed by atoms with Crippen LogP contribution < -0.4 is 9.47 Å². The molecule has 0 aromatic heterocycles. The van der Waals surface area contributed by atoms with E-state index in [1.165, 1.54) is 13.8 Å². The standard InChI is InChI=1S/C31H26O8/c1-18(27(32)33)31(30(36)37,19(2)28(34)38-25-16-8-12-21-10-4-6-14-23(21)25)20(3)29(35)39-26-17-9-13-22-11-5-7-15-24(22)26/h4-17,19-20H,1H2,2-3H3,(H,32,33)(H,36,37). The van der Waals surface area contributed by atoms with Gasteiger partial charge in [0.15, 0.2) is 0 Å². The Bertz CT molecular complexity index is 1510. The molecule has 0 spiro atoms. The lowest BCUT2D eigenvalue weighted by Crippen LogP contribution is -2.53. The summed E-state index contributed by atoms with van der Waals surface area (Å²) in [4.78, 5) is 51.8. The van der Waals surface area contributed by atoms with Crippen molar-refractivity contribution in [1.29, 1.82) is 0 Å². The van der Waals surface area contributed by atoms with E-state index < -0.39 is 46.7 Å². The first-order chi connectivity index (χ1) is 18.6. The van der Waals surface area contributed by atoms with Crippen LogP contribution in [0.4, 0.5) is 0 Å². The van der Waals surface area contributed by atoms with E-state index in [-0.39, 0.29) is 11.5 Å². The van der Waals surface area contributed by atoms with E-state index in [9.17, 15) is 29.4 Å². The monoisotopic (exact) mass is 526 g/mol. The quantitative estimate of drug-likeness (QED) is 0.167. The van der Waals surface area contributed by atoms with Crippen LogP contribution in [0.3, 0.4) is 0 Å². The van der Waals surface area contributed by atoms with Crippen molar-refractivity contribution in [2.45, 2.75) is 13.8 Å². The highest BCUT2D eigenvalue weighted by atomic mass is 16.5. The van der Waals surface area contributed by atoms with Crippen LogP contribution in [0.2, 0.25) is 0 Å². The molecule has 0 aliphatic heterocycles. The number of carboxylic acid groups (broad SMARTS) is 2. The Morgan fingerprint density at radius 1 is 0.667 bits per heavy atom. The SMILES string of the molecule is C=C(C(=O)O)C(C(=O)O)(C(C)C(=O)Oc1cccc2ccccc12)C(C)C(=O)Oc1cccc2ccccc12. The Balaban J connectivity index is 1.73. The van der Waals surface area contributed by atoms with Gasteiger partial charge in [0.1, 0.15) is 16.9 Å². The van der Waals surface area contributed by atoms with Gasteiger partial charge in [0, 0.05) is 16.3 Å². The molecule has 0 aliphatic carbocycles. The maximum atomic E-state index is 13.4. The number of carbonyl (C=O) groups excluding carboxylic acids is 2. The van der Waals surface area contributed by atoms with Crippen LogP contribution in [0.5, 0.6) is 11.5 Å². The average Bonchev–Trinajstić information content (AvgIpc) is 2.93. The van der Waals surface area contributed by atoms with Crippen LogP contribution in [0.1, 0.15) is 13.8 Å². The molecule has 8 heteroatoms. The number of esters is 2. The molecule has 4 aromatic carbocycles. The van der Waals surface area contributed by atoms with Gasteiger partial charge in [0.25, 0.3) is 0 Å². The van der Waals surface area contributed by atoms with Crippen LogP contribution in [0, 0.1) is 17.3 Å². The van der Waals surface area contributed by atoms with Gasteiger partial charge in [0.2, 0.25) is 0 Å². The van der Waals surface area contributed by atoms with E-state index in [2.05, 4.69) is 6.58 Å². The van der Waals surface area contributed by atoms with Gasteiger partial charge in [-0.2, -0.15) is 0 Å². The van der Waals surface area contributed by atoms with Crippen LogP contribution in [0.15, 0.2) is 97.1 Å². The lowest BCUT2D eigenvalue weighted by Gasteiger charge is -2.37. The van der Waals surface area contributed by atoms with Gasteiger partial charge >= 0.3 is 23.9 Å². The molecule has 39 heavy (non-hydrogen) atoms. The largest absolute Gasteiger partial charge is 0.481 e. The summed E-state index contributed by atoms with van der Waals surface area (Å²) >= 11 is 0. The number of fused-ring (bicyclic) bond motifs is 2. The molecule has 198 valence electrons. The van der Waals surface area contributed by atoms with Crippen LogP contribution in [-0.2, 0) is 19.2 Å². The fraction of sp³-hybridized carbons (Fsp3) is 0.161. The molecule has 0 saturated heterocycles. The molecular weight excluding hydrogens is 500 g/mol. The average molecular weight is 527 g/mol. The molecule has 0 amide bonds. The summed E-state index contributed by atoms with van der Waals surface area (Å²) in [5.41, 5.74) is -3.44.